The normalized spacial score (nSPS) is 10.3. The summed E-state index contributed by atoms with van der Waals surface area (Å²) in [5.74, 6) is 5.67. The Hall–Kier alpha value is -1.92. The van der Waals surface area contributed by atoms with Crippen LogP contribution in [0.5, 0.6) is 5.75 Å². The van der Waals surface area contributed by atoms with Crippen LogP contribution in [0.15, 0.2) is 24.3 Å². The van der Waals surface area contributed by atoms with E-state index in [2.05, 4.69) is 17.3 Å². The lowest BCUT2D eigenvalue weighted by Gasteiger charge is -2.08. The van der Waals surface area contributed by atoms with Crippen LogP contribution in [0.4, 0.5) is 0 Å². The largest absolute Gasteiger partial charge is 0.486 e. The Morgan fingerprint density at radius 1 is 1.45 bits per heavy atom. The highest BCUT2D eigenvalue weighted by Gasteiger charge is 2.14. The molecule has 0 aliphatic rings. The fourth-order valence-corrected chi connectivity index (χ4v) is 2.75. The number of carbonyl (C=O) groups is 1. The molecule has 1 aromatic carbocycles. The SMILES string of the molecule is CCc1ccccc1OCc1nc(C)c(C(=O)NN)s1. The highest BCUT2D eigenvalue weighted by atomic mass is 32.1. The molecular formula is C14H17N3O2S. The molecule has 0 saturated heterocycles. The van der Waals surface area contributed by atoms with Crippen LogP contribution in [0.2, 0.25) is 0 Å². The first-order chi connectivity index (χ1) is 9.65. The molecule has 5 nitrogen and oxygen atoms in total. The first-order valence-corrected chi connectivity index (χ1v) is 7.15. The van der Waals surface area contributed by atoms with E-state index in [1.165, 1.54) is 11.3 Å². The molecule has 0 aliphatic carbocycles. The number of hydrogen-bond acceptors (Lipinski definition) is 5. The summed E-state index contributed by atoms with van der Waals surface area (Å²) in [6.07, 6.45) is 0.911. The van der Waals surface area contributed by atoms with Crippen LogP contribution in [0.1, 0.15) is 32.9 Å². The number of amides is 1. The number of ether oxygens (including phenoxy) is 1. The van der Waals surface area contributed by atoms with Crippen molar-refractivity contribution in [2.75, 3.05) is 0 Å². The van der Waals surface area contributed by atoms with Gasteiger partial charge in [-0.05, 0) is 25.0 Å². The van der Waals surface area contributed by atoms with Crippen LogP contribution in [0.3, 0.4) is 0 Å². The van der Waals surface area contributed by atoms with E-state index in [0.717, 1.165) is 22.7 Å². The minimum atomic E-state index is -0.319. The number of nitrogens with zero attached hydrogens (tertiary/aromatic N) is 1. The molecule has 0 spiro atoms. The Balaban J connectivity index is 2.10. The summed E-state index contributed by atoms with van der Waals surface area (Å²) < 4.78 is 5.78. The molecule has 2 aromatic rings. The van der Waals surface area contributed by atoms with E-state index in [1.807, 2.05) is 24.3 Å². The molecule has 0 radical (unpaired) electrons. The van der Waals surface area contributed by atoms with Crippen LogP contribution >= 0.6 is 11.3 Å². The zero-order chi connectivity index (χ0) is 14.5. The molecule has 2 rings (SSSR count). The van der Waals surface area contributed by atoms with Gasteiger partial charge in [0.25, 0.3) is 5.91 Å². The van der Waals surface area contributed by atoms with Gasteiger partial charge < -0.3 is 4.74 Å². The number of rotatable bonds is 5. The minimum absolute atomic E-state index is 0.319. The first-order valence-electron chi connectivity index (χ1n) is 6.33. The smallest absolute Gasteiger partial charge is 0.277 e. The van der Waals surface area contributed by atoms with Crippen molar-refractivity contribution in [3.8, 4) is 5.75 Å². The van der Waals surface area contributed by atoms with E-state index >= 15 is 0 Å². The molecular weight excluding hydrogens is 274 g/mol. The number of aryl methyl sites for hydroxylation is 2. The Morgan fingerprint density at radius 3 is 2.90 bits per heavy atom. The lowest BCUT2D eigenvalue weighted by Crippen LogP contribution is -2.29. The third kappa shape index (κ3) is 3.15. The monoisotopic (exact) mass is 291 g/mol. The highest BCUT2D eigenvalue weighted by Crippen LogP contribution is 2.22. The Labute approximate surface area is 121 Å². The number of carbonyl (C=O) groups excluding carboxylic acids is 1. The van der Waals surface area contributed by atoms with Gasteiger partial charge in [-0.25, -0.2) is 10.8 Å². The van der Waals surface area contributed by atoms with Crippen molar-refractivity contribution in [1.29, 1.82) is 0 Å². The summed E-state index contributed by atoms with van der Waals surface area (Å²) in [6.45, 7) is 4.21. The number of nitrogens with two attached hydrogens (primary N) is 1. The highest BCUT2D eigenvalue weighted by molar-refractivity contribution is 7.13. The quantitative estimate of drug-likeness (QED) is 0.503. The summed E-state index contributed by atoms with van der Waals surface area (Å²) in [6, 6.07) is 7.90. The van der Waals surface area contributed by atoms with Gasteiger partial charge in [0.15, 0.2) is 0 Å². The predicted molar refractivity (Wildman–Crippen MR) is 78.7 cm³/mol. The molecule has 1 amide bonds. The number of hydrazine groups is 1. The van der Waals surface area contributed by atoms with Gasteiger partial charge >= 0.3 is 0 Å². The molecule has 0 bridgehead atoms. The topological polar surface area (TPSA) is 77.2 Å². The van der Waals surface area contributed by atoms with Gasteiger partial charge in [-0.15, -0.1) is 11.3 Å². The maximum atomic E-state index is 11.5. The molecule has 0 fully saturated rings. The van der Waals surface area contributed by atoms with Crippen molar-refractivity contribution in [3.05, 3.63) is 45.4 Å². The fraction of sp³-hybridized carbons (Fsp3) is 0.286. The zero-order valence-electron chi connectivity index (χ0n) is 11.5. The molecule has 1 aromatic heterocycles. The number of nitrogen functional groups attached to an aromatic ring is 1. The van der Waals surface area contributed by atoms with Gasteiger partial charge in [-0.2, -0.15) is 0 Å². The number of para-hydroxylation sites is 1. The predicted octanol–water partition coefficient (Wildman–Crippen LogP) is 2.20. The Bertz CT molecular complexity index is 610. The Kier molecular flexibility index (Phi) is 4.70. The van der Waals surface area contributed by atoms with E-state index < -0.39 is 0 Å². The molecule has 0 saturated carbocycles. The standard InChI is InChI=1S/C14H17N3O2S/c1-3-10-6-4-5-7-11(10)19-8-12-16-9(2)13(20-12)14(18)17-15/h4-7H,3,8,15H2,1-2H3,(H,17,18). The third-order valence-corrected chi connectivity index (χ3v) is 4.01. The second kappa shape index (κ2) is 6.49. The summed E-state index contributed by atoms with van der Waals surface area (Å²) >= 11 is 1.30. The van der Waals surface area contributed by atoms with Gasteiger partial charge in [0, 0.05) is 0 Å². The van der Waals surface area contributed by atoms with Gasteiger partial charge in [0.1, 0.15) is 22.2 Å². The summed E-state index contributed by atoms with van der Waals surface area (Å²) in [5, 5.41) is 0.756. The van der Waals surface area contributed by atoms with Gasteiger partial charge in [0.2, 0.25) is 0 Å². The number of hydrogen-bond donors (Lipinski definition) is 2. The van der Waals surface area contributed by atoms with E-state index in [-0.39, 0.29) is 5.91 Å². The van der Waals surface area contributed by atoms with E-state index in [1.54, 1.807) is 6.92 Å². The second-order valence-electron chi connectivity index (χ2n) is 4.25. The van der Waals surface area contributed by atoms with Crippen LogP contribution in [0.25, 0.3) is 0 Å². The van der Waals surface area contributed by atoms with Gasteiger partial charge in [-0.3, -0.25) is 10.2 Å². The molecule has 106 valence electrons. The fourth-order valence-electron chi connectivity index (χ4n) is 1.87. The van der Waals surface area contributed by atoms with Gasteiger partial charge in [-0.1, -0.05) is 25.1 Å². The number of nitrogens with one attached hydrogen (secondary N) is 1. The van der Waals surface area contributed by atoms with Crippen molar-refractivity contribution in [1.82, 2.24) is 10.4 Å². The first kappa shape index (κ1) is 14.5. The third-order valence-electron chi connectivity index (χ3n) is 2.88. The number of benzene rings is 1. The average molecular weight is 291 g/mol. The van der Waals surface area contributed by atoms with E-state index in [9.17, 15) is 4.79 Å². The van der Waals surface area contributed by atoms with E-state index in [4.69, 9.17) is 10.6 Å². The molecule has 3 N–H and O–H groups in total. The van der Waals surface area contributed by atoms with Crippen molar-refractivity contribution < 1.29 is 9.53 Å². The number of thiazole rings is 1. The van der Waals surface area contributed by atoms with Gasteiger partial charge in [0.05, 0.1) is 5.69 Å². The maximum absolute atomic E-state index is 11.5. The minimum Gasteiger partial charge on any atom is -0.486 e. The van der Waals surface area contributed by atoms with Crippen LogP contribution < -0.4 is 16.0 Å². The van der Waals surface area contributed by atoms with Crippen molar-refractivity contribution in [2.24, 2.45) is 5.84 Å². The molecule has 0 atom stereocenters. The zero-order valence-corrected chi connectivity index (χ0v) is 12.3. The van der Waals surface area contributed by atoms with Crippen molar-refractivity contribution in [3.63, 3.8) is 0 Å². The average Bonchev–Trinajstić information content (AvgIpc) is 2.85. The lowest BCUT2D eigenvalue weighted by atomic mass is 10.1. The molecule has 20 heavy (non-hydrogen) atoms. The summed E-state index contributed by atoms with van der Waals surface area (Å²) in [4.78, 5) is 16.4. The summed E-state index contributed by atoms with van der Waals surface area (Å²) in [5.41, 5.74) is 3.94. The Morgan fingerprint density at radius 2 is 2.20 bits per heavy atom. The van der Waals surface area contributed by atoms with E-state index in [0.29, 0.717) is 17.2 Å². The molecule has 0 aliphatic heterocycles. The second-order valence-corrected chi connectivity index (χ2v) is 5.33. The van der Waals surface area contributed by atoms with Crippen LogP contribution in [-0.2, 0) is 13.0 Å². The molecule has 6 heteroatoms. The van der Waals surface area contributed by atoms with Crippen molar-refractivity contribution in [2.45, 2.75) is 26.9 Å². The molecule has 1 heterocycles. The summed E-state index contributed by atoms with van der Waals surface area (Å²) in [7, 11) is 0. The maximum Gasteiger partial charge on any atom is 0.277 e. The lowest BCUT2D eigenvalue weighted by molar-refractivity contribution is 0.0957. The number of aromatic nitrogens is 1. The van der Waals surface area contributed by atoms with Crippen LogP contribution in [0, 0.1) is 6.92 Å². The van der Waals surface area contributed by atoms with Crippen LogP contribution in [-0.4, -0.2) is 10.9 Å². The molecule has 0 unspecified atom stereocenters. The van der Waals surface area contributed by atoms with Crippen molar-refractivity contribution >= 4 is 17.2 Å².